The van der Waals surface area contributed by atoms with E-state index in [0.29, 0.717) is 32.4 Å². The maximum absolute atomic E-state index is 13.5. The van der Waals surface area contributed by atoms with Crippen LogP contribution in [0, 0.1) is 33.5 Å². The quantitative estimate of drug-likeness (QED) is 0.0384. The molecule has 6 rings (SSSR count). The number of carbonyl (C=O) groups excluding carboxylic acids is 11. The van der Waals surface area contributed by atoms with Crippen molar-refractivity contribution in [3.63, 3.8) is 0 Å². The van der Waals surface area contributed by atoms with Gasteiger partial charge in [-0.3, -0.25) is 28.8 Å². The first-order valence-corrected chi connectivity index (χ1v) is 39.6. The van der Waals surface area contributed by atoms with Gasteiger partial charge >= 0.3 is 60.2 Å². The molecule has 40 heteroatoms. The van der Waals surface area contributed by atoms with Crippen molar-refractivity contribution in [2.75, 3.05) is 46.5 Å². The molecule has 0 aromatic rings. The van der Waals surface area contributed by atoms with Crippen molar-refractivity contribution in [1.29, 1.82) is 0 Å². The van der Waals surface area contributed by atoms with Crippen LogP contribution in [0.2, 0.25) is 0 Å². The number of ether oxygens (including phenoxy) is 7. The van der Waals surface area contributed by atoms with Crippen molar-refractivity contribution in [3.8, 4) is 0 Å². The zero-order chi connectivity index (χ0) is 93.0. The van der Waals surface area contributed by atoms with Crippen molar-refractivity contribution in [3.05, 3.63) is 25.3 Å². The number of aliphatic hydroxyl groups is 4. The molecule has 38 nitrogen and oxygen atoms in total. The van der Waals surface area contributed by atoms with Crippen LogP contribution in [-0.2, 0) is 81.1 Å². The lowest BCUT2D eigenvalue weighted by Gasteiger charge is -2.36. The molecule has 4 heterocycles. The van der Waals surface area contributed by atoms with Gasteiger partial charge in [-0.1, -0.05) is 103 Å². The van der Waals surface area contributed by atoms with Crippen LogP contribution in [0.5, 0.6) is 0 Å². The molecule has 6 aliphatic rings. The lowest BCUT2D eigenvalue weighted by molar-refractivity contribution is -0.152. The molecule has 4 aliphatic heterocycles. The van der Waals surface area contributed by atoms with E-state index < -0.39 is 206 Å². The molecule has 0 aromatic heterocycles. The Morgan fingerprint density at radius 1 is 0.459 bits per heavy atom. The first-order valence-electron chi connectivity index (χ1n) is 39.6. The standard InChI is InChI=1S/C24H39N3O7.C17H30N2O6.C16H28N2O6.C11H21NO4.C8H13NO2.C5H9NO3.CH4.2ClH/c1-9-14-12-24(14,20(31)33-10-2)26-18(29)16-11-15(28)13-27(16)19(30)17(22(3,4)5)25-21(32)34-23(6,7)8;1-16(2,3)12(18-15(23)25-17(4,5)6)13(21)19-9-10(20)8-11(19)14(22)24-7;1-15(2,3)11(17-14(23)24-16(4,5)6)12(20)18-8-9(19)7-10(18)13(21)22;1-10(2,3)7(8(13)14)12-9(15)16-11(4,5)6;1-3-6-5-8(6,9)7(10)11-4-2;7-3-1-4(5(8)9)6-2-3;;;/h9,14-17,28H,1,10-13H2,2-8H3,(H,25,32)(H,26,29);10-12,20H,8-9H2,1-7H3,(H,18,23);9-11,19H,7-8H2,1-6H3,(H,17,23)(H,21,22);7H,1-6H3,(H,12,15)(H,13,14);3,6H,1,4-5,9H2,2H3;3-4,6-7H,1-2H2,(H,8,9);1H4;2*1H/t14-,15+,16+,17-,24-;10-,11-,12+;9-,10-,11+;;6-,8?;3-,4-;;;/m100.10.../s1. The number of aliphatic carboxylic acids is 3. The van der Waals surface area contributed by atoms with E-state index in [4.69, 9.17) is 54.2 Å². The number of β-amino-alcohol motifs (C(OH)–C–C–N with tert-alkyl or cyclic N) is 4. The average Bonchev–Trinajstić information content (AvgIpc) is 1.58. The third kappa shape index (κ3) is 38.8. The summed E-state index contributed by atoms with van der Waals surface area (Å²) < 4.78 is 35.4. The summed E-state index contributed by atoms with van der Waals surface area (Å²) in [6, 6.07) is -7.38. The van der Waals surface area contributed by atoms with Crippen LogP contribution in [0.3, 0.4) is 0 Å². The number of rotatable bonds is 19. The number of likely N-dealkylation sites (tertiary alicyclic amines) is 3. The second kappa shape index (κ2) is 47.6. The molecule has 0 bridgehead atoms. The van der Waals surface area contributed by atoms with E-state index in [-0.39, 0.29) is 95.5 Å². The molecule has 2 aliphatic carbocycles. The molecule has 2 saturated carbocycles. The van der Waals surface area contributed by atoms with Crippen LogP contribution < -0.4 is 37.6 Å². The molecule has 8 amide bonds. The molecule has 2 unspecified atom stereocenters. The summed E-state index contributed by atoms with van der Waals surface area (Å²) in [6.07, 6.45) is -1.28. The van der Waals surface area contributed by atoms with Gasteiger partial charge in [-0.15, -0.1) is 38.0 Å². The van der Waals surface area contributed by atoms with E-state index in [1.807, 2.05) is 0 Å². The molecule has 122 heavy (non-hydrogen) atoms. The fraction of sp³-hybridized carbons (Fsp3) is 0.780. The van der Waals surface area contributed by atoms with Gasteiger partial charge in [-0.25, -0.2) is 38.4 Å². The van der Waals surface area contributed by atoms with Crippen LogP contribution in [-0.4, -0.2) is 287 Å². The predicted molar refractivity (Wildman–Crippen MR) is 455 cm³/mol. The number of nitrogens with one attached hydrogen (secondary N) is 6. The Morgan fingerprint density at radius 3 is 1.02 bits per heavy atom. The van der Waals surface area contributed by atoms with E-state index in [0.717, 1.165) is 4.90 Å². The number of carboxylic acids is 3. The fourth-order valence-corrected chi connectivity index (χ4v) is 12.4. The molecular weight excluding hydrogens is 1640 g/mol. The highest BCUT2D eigenvalue weighted by Gasteiger charge is 2.62. The summed E-state index contributed by atoms with van der Waals surface area (Å²) >= 11 is 0. The number of hydrogen-bond donors (Lipinski definition) is 14. The van der Waals surface area contributed by atoms with E-state index in [9.17, 15) is 87.5 Å². The minimum absolute atomic E-state index is 0. The van der Waals surface area contributed by atoms with E-state index in [1.54, 1.807) is 192 Å². The van der Waals surface area contributed by atoms with Crippen molar-refractivity contribution >= 4 is 109 Å². The van der Waals surface area contributed by atoms with Gasteiger partial charge in [0, 0.05) is 63.7 Å². The van der Waals surface area contributed by atoms with Crippen molar-refractivity contribution < 1.29 is 136 Å². The average molecular weight is 1790 g/mol. The Kier molecular flexibility index (Phi) is 46.0. The normalized spacial score (nSPS) is 24.2. The topological polar surface area (TPSA) is 553 Å². The number of nitrogens with zero attached hydrogens (tertiary/aromatic N) is 3. The minimum Gasteiger partial charge on any atom is -0.480 e. The number of methoxy groups -OCH3 is 1. The third-order valence-corrected chi connectivity index (χ3v) is 18.5. The second-order valence-corrected chi connectivity index (χ2v) is 38.4. The Morgan fingerprint density at radius 2 is 0.770 bits per heavy atom. The van der Waals surface area contributed by atoms with Crippen LogP contribution in [0.4, 0.5) is 19.2 Å². The van der Waals surface area contributed by atoms with Gasteiger partial charge in [0.25, 0.3) is 0 Å². The number of esters is 3. The van der Waals surface area contributed by atoms with Gasteiger partial charge < -0.3 is 121 Å². The van der Waals surface area contributed by atoms with Gasteiger partial charge in [0.1, 0.15) is 81.8 Å². The second-order valence-electron chi connectivity index (χ2n) is 38.4. The number of aliphatic hydroxyl groups excluding tert-OH is 4. The fourth-order valence-electron chi connectivity index (χ4n) is 12.4. The largest absolute Gasteiger partial charge is 0.480 e. The van der Waals surface area contributed by atoms with Crippen LogP contribution in [0.1, 0.15) is 226 Å². The smallest absolute Gasteiger partial charge is 0.408 e. The Bertz CT molecular complexity index is 3550. The van der Waals surface area contributed by atoms with Gasteiger partial charge in [0.15, 0.2) is 0 Å². The molecular formula is C82H146Cl2N10O28. The number of hydrogen-bond acceptors (Lipinski definition) is 27. The van der Waals surface area contributed by atoms with E-state index in [2.05, 4.69) is 45.1 Å². The predicted octanol–water partition coefficient (Wildman–Crippen LogP) is 6.28. The lowest BCUT2D eigenvalue weighted by atomic mass is 9.85. The van der Waals surface area contributed by atoms with Crippen LogP contribution in [0.15, 0.2) is 25.3 Å². The minimum atomic E-state index is -1.21. The van der Waals surface area contributed by atoms with E-state index >= 15 is 0 Å². The van der Waals surface area contributed by atoms with Crippen molar-refractivity contribution in [1.82, 2.24) is 46.6 Å². The van der Waals surface area contributed by atoms with Crippen LogP contribution in [0.25, 0.3) is 0 Å². The van der Waals surface area contributed by atoms with E-state index in [1.165, 1.54) is 16.9 Å². The summed E-state index contributed by atoms with van der Waals surface area (Å²) in [5, 5.41) is 80.8. The van der Waals surface area contributed by atoms with Crippen molar-refractivity contribution in [2.24, 2.45) is 39.2 Å². The maximum atomic E-state index is 13.5. The number of halogens is 2. The maximum Gasteiger partial charge on any atom is 0.408 e. The molecule has 0 spiro atoms. The molecule has 706 valence electrons. The molecule has 0 aromatic carbocycles. The molecule has 4 saturated heterocycles. The number of carbonyl (C=O) groups is 14. The highest BCUT2D eigenvalue weighted by atomic mass is 35.5. The summed E-state index contributed by atoms with van der Waals surface area (Å²) in [7, 11) is 1.23. The Balaban J connectivity index is -0.00000145. The van der Waals surface area contributed by atoms with Crippen LogP contribution >= 0.6 is 24.8 Å². The summed E-state index contributed by atoms with van der Waals surface area (Å²) in [4.78, 5) is 172. The first-order chi connectivity index (χ1) is 53.8. The highest BCUT2D eigenvalue weighted by molar-refractivity contribution is 5.97. The Labute approximate surface area is 731 Å². The number of carboxylic acid groups (broad SMARTS) is 3. The number of amides is 8. The van der Waals surface area contributed by atoms with Gasteiger partial charge in [-0.05, 0) is 131 Å². The van der Waals surface area contributed by atoms with Gasteiger partial charge in [0.2, 0.25) is 23.6 Å². The summed E-state index contributed by atoms with van der Waals surface area (Å²) in [6.45, 7) is 53.4. The first kappa shape index (κ1) is 118. The summed E-state index contributed by atoms with van der Waals surface area (Å²) in [5.41, 5.74) is -1.65. The highest BCUT2D eigenvalue weighted by Crippen LogP contribution is 2.46. The molecule has 6 fully saturated rings. The monoisotopic (exact) mass is 1790 g/mol. The van der Waals surface area contributed by atoms with Gasteiger partial charge in [0.05, 0.1) is 44.7 Å². The number of nitrogens with two attached hydrogens (primary N) is 1. The zero-order valence-electron chi connectivity index (χ0n) is 75.6. The van der Waals surface area contributed by atoms with Gasteiger partial charge in [-0.2, -0.15) is 0 Å². The lowest BCUT2D eigenvalue weighted by Crippen LogP contribution is -2.59. The molecule has 16 atom stereocenters. The molecule has 0 radical (unpaired) electrons. The third-order valence-electron chi connectivity index (χ3n) is 18.5. The Hall–Kier alpha value is -8.40. The van der Waals surface area contributed by atoms with Crippen molar-refractivity contribution in [2.45, 2.75) is 332 Å². The summed E-state index contributed by atoms with van der Waals surface area (Å²) in [5.74, 6) is -6.81. The zero-order valence-corrected chi connectivity index (χ0v) is 77.2. The molecule has 15 N–H and O–H groups in total. The number of alkyl carbamates (subject to hydrolysis) is 4. The SMILES string of the molecule is C.C=C[C@@H]1CC1(N)C(=O)OCC.C=C[C@@H]1C[C@]1(NC(=O)[C@@H]1C[C@H](O)CN1C(=O)[C@@H](NC(=O)OC(C)(C)C)C(C)(C)C)C(=O)OCC.CC(C)(C)OC(=O)NC(C(=O)O)C(C)(C)C.CC(C)(C)OC(=O)N[C@H](C(=O)N1C[C@@H](O)C[C@H]1C(=O)O)C(C)(C)C.COC(=O)[C@@H]1C[C@H](O)CN1C(=O)[C@@H](NC(=O)OC(C)(C)C)C(C)(C)C.Cl.Cl.O=C(O)[C@@H]1C[C@H](O)CN1.